The lowest BCUT2D eigenvalue weighted by Gasteiger charge is -2.39. The van der Waals surface area contributed by atoms with Crippen LogP contribution >= 0.6 is 0 Å². The van der Waals surface area contributed by atoms with Crippen molar-refractivity contribution >= 4 is 17.7 Å². The fourth-order valence-electron chi connectivity index (χ4n) is 5.58. The van der Waals surface area contributed by atoms with Gasteiger partial charge in [0.05, 0.1) is 24.7 Å². The average molecular weight is 507 g/mol. The number of likely N-dealkylation sites (tertiary alicyclic amines) is 2. The number of carbonyl (C=O) groups is 3. The Morgan fingerprint density at radius 1 is 1.00 bits per heavy atom. The molecule has 8 heteroatoms. The molecular weight excluding hydrogens is 456 g/mol. The third-order valence-electron chi connectivity index (χ3n) is 7.83. The van der Waals surface area contributed by atoms with Crippen LogP contribution in [0.15, 0.2) is 11.6 Å². The van der Waals surface area contributed by atoms with Gasteiger partial charge in [0.15, 0.2) is 0 Å². The largest absolute Gasteiger partial charge is 0.394 e. The number of nitrogens with one attached hydrogen (secondary N) is 1. The van der Waals surface area contributed by atoms with Gasteiger partial charge < -0.3 is 20.2 Å². The lowest BCUT2D eigenvalue weighted by Crippen LogP contribution is -2.58. The topological polar surface area (TPSA) is 93.2 Å². The molecule has 2 aliphatic heterocycles. The van der Waals surface area contributed by atoms with Crippen molar-refractivity contribution in [2.75, 3.05) is 26.7 Å². The van der Waals surface area contributed by atoms with Crippen LogP contribution in [0.2, 0.25) is 0 Å². The summed E-state index contributed by atoms with van der Waals surface area (Å²) < 4.78 is 0. The lowest BCUT2D eigenvalue weighted by molar-refractivity contribution is -0.140. The Hall–Kier alpha value is -1.93. The van der Waals surface area contributed by atoms with E-state index in [1.54, 1.807) is 23.8 Å². The summed E-state index contributed by atoms with van der Waals surface area (Å²) in [4.78, 5) is 45.8. The molecule has 0 bridgehead atoms. The predicted octanol–water partition coefficient (Wildman–Crippen LogP) is 2.80. The summed E-state index contributed by atoms with van der Waals surface area (Å²) in [5, 5.41) is 12.7. The van der Waals surface area contributed by atoms with Gasteiger partial charge in [-0.2, -0.15) is 0 Å². The van der Waals surface area contributed by atoms with Gasteiger partial charge in [-0.1, -0.05) is 40.2 Å². The average Bonchev–Trinajstić information content (AvgIpc) is 3.32. The monoisotopic (exact) mass is 506 g/mol. The van der Waals surface area contributed by atoms with Crippen LogP contribution in [-0.2, 0) is 14.4 Å². The Morgan fingerprint density at radius 2 is 1.67 bits per heavy atom. The highest BCUT2D eigenvalue weighted by molar-refractivity contribution is 5.94. The molecule has 36 heavy (non-hydrogen) atoms. The van der Waals surface area contributed by atoms with Crippen molar-refractivity contribution < 1.29 is 19.5 Å². The van der Waals surface area contributed by atoms with Gasteiger partial charge in [-0.3, -0.25) is 19.3 Å². The van der Waals surface area contributed by atoms with Crippen molar-refractivity contribution in [3.8, 4) is 0 Å². The molecule has 0 saturated carbocycles. The second-order valence-electron chi connectivity index (χ2n) is 11.6. The normalized spacial score (nSPS) is 23.3. The van der Waals surface area contributed by atoms with Gasteiger partial charge in [-0.05, 0) is 64.8 Å². The van der Waals surface area contributed by atoms with Gasteiger partial charge in [0.25, 0.3) is 0 Å². The summed E-state index contributed by atoms with van der Waals surface area (Å²) >= 11 is 0. The fraction of sp³-hybridized carbons (Fsp3) is 0.821. The van der Waals surface area contributed by atoms with E-state index < -0.39 is 6.04 Å². The number of hydrogen-bond acceptors (Lipinski definition) is 5. The maximum absolute atomic E-state index is 13.7. The van der Waals surface area contributed by atoms with Crippen molar-refractivity contribution in [1.82, 2.24) is 20.0 Å². The zero-order valence-corrected chi connectivity index (χ0v) is 23.8. The van der Waals surface area contributed by atoms with Crippen molar-refractivity contribution in [3.63, 3.8) is 0 Å². The van der Waals surface area contributed by atoms with Crippen molar-refractivity contribution in [3.05, 3.63) is 11.6 Å². The number of piperidine rings is 1. The number of carbonyl (C=O) groups excluding carboxylic acids is 3. The molecule has 0 aromatic heterocycles. The molecule has 206 valence electrons. The number of likely N-dealkylation sites (N-methyl/N-ethyl adjacent to an activating group) is 1. The molecule has 0 radical (unpaired) electrons. The first-order valence-electron chi connectivity index (χ1n) is 13.8. The second kappa shape index (κ2) is 13.6. The number of aliphatic hydroxyl groups excluding tert-OH is 1. The SMILES string of the molecule is C/C(=C\C(C(C)C)N(C)C(=O)C(NC(=O)C1CCCCN1C(C)C)C(C)C)C(=O)N1CCC[C@H]1CO. The van der Waals surface area contributed by atoms with Crippen molar-refractivity contribution in [1.29, 1.82) is 0 Å². The van der Waals surface area contributed by atoms with Crippen LogP contribution in [0.5, 0.6) is 0 Å². The van der Waals surface area contributed by atoms with Gasteiger partial charge in [0.1, 0.15) is 6.04 Å². The van der Waals surface area contributed by atoms with E-state index in [0.717, 1.165) is 38.6 Å². The lowest BCUT2D eigenvalue weighted by atomic mass is 9.95. The molecule has 0 aromatic carbocycles. The standard InChI is InChI=1S/C28H50N4O4/c1-18(2)24(16-21(7)27(35)32-15-11-12-22(32)17-33)30(8)28(36)25(19(3)4)29-26(34)23-13-9-10-14-31(23)20(5)6/h16,18-20,22-25,33H,9-15,17H2,1-8H3,(H,29,34)/b21-16+/t22-,23?,24?,25?/m0/s1. The van der Waals surface area contributed by atoms with Crippen LogP contribution < -0.4 is 5.32 Å². The Kier molecular flexibility index (Phi) is 11.4. The maximum atomic E-state index is 13.7. The van der Waals surface area contributed by atoms with E-state index >= 15 is 0 Å². The van der Waals surface area contributed by atoms with Crippen LogP contribution in [-0.4, -0.2) is 94.5 Å². The minimum absolute atomic E-state index is 0.0317. The molecule has 2 fully saturated rings. The molecule has 0 spiro atoms. The summed E-state index contributed by atoms with van der Waals surface area (Å²) in [7, 11) is 1.76. The fourth-order valence-corrected chi connectivity index (χ4v) is 5.58. The Morgan fingerprint density at radius 3 is 2.22 bits per heavy atom. The molecule has 0 aromatic rings. The number of amides is 3. The van der Waals surface area contributed by atoms with E-state index in [2.05, 4.69) is 24.1 Å². The number of rotatable bonds is 10. The van der Waals surface area contributed by atoms with E-state index in [4.69, 9.17) is 0 Å². The number of hydrogen-bond donors (Lipinski definition) is 2. The molecule has 8 nitrogen and oxygen atoms in total. The zero-order valence-electron chi connectivity index (χ0n) is 23.8. The first-order valence-corrected chi connectivity index (χ1v) is 13.8. The quantitative estimate of drug-likeness (QED) is 0.445. The summed E-state index contributed by atoms with van der Waals surface area (Å²) in [6, 6.07) is -1.01. The molecule has 0 aliphatic carbocycles. The molecule has 2 aliphatic rings. The van der Waals surface area contributed by atoms with Crippen LogP contribution in [0.1, 0.15) is 80.6 Å². The van der Waals surface area contributed by atoms with Gasteiger partial charge >= 0.3 is 0 Å². The second-order valence-corrected chi connectivity index (χ2v) is 11.6. The van der Waals surface area contributed by atoms with Crippen LogP contribution in [0.4, 0.5) is 0 Å². The summed E-state index contributed by atoms with van der Waals surface area (Å²) in [5.74, 6) is -0.301. The minimum atomic E-state index is -0.638. The van der Waals surface area contributed by atoms with E-state index in [1.807, 2.05) is 33.8 Å². The van der Waals surface area contributed by atoms with Crippen molar-refractivity contribution in [2.24, 2.45) is 11.8 Å². The third-order valence-corrected chi connectivity index (χ3v) is 7.83. The van der Waals surface area contributed by atoms with Gasteiger partial charge in [0.2, 0.25) is 17.7 Å². The number of nitrogens with zero attached hydrogens (tertiary/aromatic N) is 3. The summed E-state index contributed by atoms with van der Waals surface area (Å²) in [5.41, 5.74) is 0.577. The molecule has 3 amide bonds. The molecule has 4 atom stereocenters. The maximum Gasteiger partial charge on any atom is 0.249 e. The van der Waals surface area contributed by atoms with E-state index in [0.29, 0.717) is 12.1 Å². The highest BCUT2D eigenvalue weighted by Gasteiger charge is 2.36. The summed E-state index contributed by atoms with van der Waals surface area (Å²) in [6.45, 7) is 15.5. The predicted molar refractivity (Wildman–Crippen MR) is 143 cm³/mol. The van der Waals surface area contributed by atoms with E-state index in [9.17, 15) is 19.5 Å². The first kappa shape index (κ1) is 30.3. The van der Waals surface area contributed by atoms with E-state index in [1.165, 1.54) is 0 Å². The zero-order chi connectivity index (χ0) is 27.2. The molecule has 2 heterocycles. The molecular formula is C28H50N4O4. The van der Waals surface area contributed by atoms with Gasteiger partial charge in [-0.15, -0.1) is 0 Å². The van der Waals surface area contributed by atoms with Crippen LogP contribution in [0.25, 0.3) is 0 Å². The molecule has 2 rings (SSSR count). The van der Waals surface area contributed by atoms with Crippen LogP contribution in [0.3, 0.4) is 0 Å². The smallest absolute Gasteiger partial charge is 0.249 e. The van der Waals surface area contributed by atoms with Gasteiger partial charge in [0, 0.05) is 25.2 Å². The Balaban J connectivity index is 2.19. The van der Waals surface area contributed by atoms with E-state index in [-0.39, 0.29) is 60.3 Å². The van der Waals surface area contributed by atoms with Gasteiger partial charge in [-0.25, -0.2) is 0 Å². The minimum Gasteiger partial charge on any atom is -0.394 e. The highest BCUT2D eigenvalue weighted by Crippen LogP contribution is 2.23. The van der Waals surface area contributed by atoms with Crippen molar-refractivity contribution in [2.45, 2.75) is 111 Å². The Bertz CT molecular complexity index is 794. The molecule has 3 unspecified atom stereocenters. The first-order chi connectivity index (χ1) is 16.9. The number of aliphatic hydroxyl groups is 1. The Labute approximate surface area is 218 Å². The third kappa shape index (κ3) is 7.31. The van der Waals surface area contributed by atoms with Crippen LogP contribution in [0, 0.1) is 11.8 Å². The summed E-state index contributed by atoms with van der Waals surface area (Å²) in [6.07, 6.45) is 6.49. The molecule has 2 saturated heterocycles. The molecule has 2 N–H and O–H groups in total. The highest BCUT2D eigenvalue weighted by atomic mass is 16.3.